The van der Waals surface area contributed by atoms with E-state index in [1.54, 1.807) is 0 Å². The number of ether oxygens (including phenoxy) is 1. The first-order chi connectivity index (χ1) is 6.69. The molecular weight excluding hydrogens is 182 g/mol. The second-order valence-corrected chi connectivity index (χ2v) is 2.97. The molecule has 4 nitrogen and oxygen atoms in total. The van der Waals surface area contributed by atoms with Gasteiger partial charge < -0.3 is 20.3 Å². The minimum Gasteiger partial charge on any atom is -0.506 e. The van der Waals surface area contributed by atoms with E-state index in [0.29, 0.717) is 5.69 Å². The van der Waals surface area contributed by atoms with E-state index in [-0.39, 0.29) is 17.2 Å². The molecule has 0 heterocycles. The molecule has 0 aliphatic carbocycles. The quantitative estimate of drug-likeness (QED) is 0.510. The number of hydrogen-bond donors (Lipinski definition) is 3. The van der Waals surface area contributed by atoms with Gasteiger partial charge in [-0.3, -0.25) is 0 Å². The molecule has 0 saturated heterocycles. The van der Waals surface area contributed by atoms with Crippen molar-refractivity contribution in [3.63, 3.8) is 0 Å². The van der Waals surface area contributed by atoms with Gasteiger partial charge in [0, 0.05) is 18.7 Å². The molecule has 78 valence electrons. The van der Waals surface area contributed by atoms with Crippen LogP contribution in [0, 0.1) is 0 Å². The summed E-state index contributed by atoms with van der Waals surface area (Å²) in [5, 5.41) is 21.9. The van der Waals surface area contributed by atoms with Crippen LogP contribution in [0.5, 0.6) is 17.2 Å². The van der Waals surface area contributed by atoms with Crippen LogP contribution in [0.15, 0.2) is 12.1 Å². The number of nitrogens with one attached hydrogen (secondary N) is 1. The fourth-order valence-corrected chi connectivity index (χ4v) is 1.12. The lowest BCUT2D eigenvalue weighted by Gasteiger charge is -2.10. The molecule has 0 aromatic heterocycles. The maximum absolute atomic E-state index is 9.52. The first-order valence-electron chi connectivity index (χ1n) is 4.52. The molecule has 0 aliphatic heterocycles. The van der Waals surface area contributed by atoms with Crippen molar-refractivity contribution in [3.8, 4) is 17.2 Å². The highest BCUT2D eigenvalue weighted by Crippen LogP contribution is 2.36. The number of anilines is 1. The third-order valence-electron chi connectivity index (χ3n) is 1.86. The molecule has 0 radical (unpaired) electrons. The summed E-state index contributed by atoms with van der Waals surface area (Å²) < 4.78 is 4.85. The Bertz CT molecular complexity index is 312. The molecule has 0 unspecified atom stereocenters. The zero-order chi connectivity index (χ0) is 10.6. The molecule has 1 aromatic carbocycles. The van der Waals surface area contributed by atoms with Gasteiger partial charge in [-0.2, -0.15) is 0 Å². The van der Waals surface area contributed by atoms with Crippen LogP contribution < -0.4 is 10.1 Å². The second kappa shape index (κ2) is 4.60. The Morgan fingerprint density at radius 3 is 2.57 bits per heavy atom. The van der Waals surface area contributed by atoms with E-state index < -0.39 is 0 Å². The van der Waals surface area contributed by atoms with Crippen LogP contribution >= 0.6 is 0 Å². The number of methoxy groups -OCH3 is 1. The Morgan fingerprint density at radius 1 is 1.29 bits per heavy atom. The number of aromatic hydroxyl groups is 2. The lowest BCUT2D eigenvalue weighted by atomic mass is 10.2. The monoisotopic (exact) mass is 197 g/mol. The van der Waals surface area contributed by atoms with Crippen LogP contribution in [0.1, 0.15) is 13.3 Å². The number of hydrogen-bond acceptors (Lipinski definition) is 4. The summed E-state index contributed by atoms with van der Waals surface area (Å²) in [5.41, 5.74) is 0.519. The van der Waals surface area contributed by atoms with Gasteiger partial charge in [0.1, 0.15) is 5.75 Å². The van der Waals surface area contributed by atoms with Crippen LogP contribution in [-0.2, 0) is 0 Å². The maximum atomic E-state index is 9.52. The van der Waals surface area contributed by atoms with Gasteiger partial charge in [0.15, 0.2) is 11.5 Å². The molecule has 0 saturated carbocycles. The summed E-state index contributed by atoms with van der Waals surface area (Å²) >= 11 is 0. The van der Waals surface area contributed by atoms with Gasteiger partial charge in [0.25, 0.3) is 0 Å². The van der Waals surface area contributed by atoms with Crippen LogP contribution in [-0.4, -0.2) is 23.9 Å². The SMILES string of the molecule is CCCNc1cc(O)c(OC)cc1O. The summed E-state index contributed by atoms with van der Waals surface area (Å²) in [5.74, 6) is 0.363. The number of rotatable bonds is 4. The zero-order valence-electron chi connectivity index (χ0n) is 8.37. The van der Waals surface area contributed by atoms with E-state index in [4.69, 9.17) is 4.74 Å². The summed E-state index contributed by atoms with van der Waals surface area (Å²) in [7, 11) is 1.44. The van der Waals surface area contributed by atoms with Crippen molar-refractivity contribution in [3.05, 3.63) is 12.1 Å². The van der Waals surface area contributed by atoms with Gasteiger partial charge in [-0.05, 0) is 6.42 Å². The van der Waals surface area contributed by atoms with Crippen molar-refractivity contribution in [2.24, 2.45) is 0 Å². The first-order valence-corrected chi connectivity index (χ1v) is 4.52. The van der Waals surface area contributed by atoms with E-state index in [1.807, 2.05) is 6.92 Å². The Balaban J connectivity index is 2.90. The molecule has 0 aliphatic rings. The molecule has 3 N–H and O–H groups in total. The molecule has 1 rings (SSSR count). The third-order valence-corrected chi connectivity index (χ3v) is 1.86. The van der Waals surface area contributed by atoms with E-state index in [0.717, 1.165) is 13.0 Å². The maximum Gasteiger partial charge on any atom is 0.164 e. The number of phenols is 2. The molecule has 0 spiro atoms. The third kappa shape index (κ3) is 2.22. The highest BCUT2D eigenvalue weighted by Gasteiger charge is 2.07. The summed E-state index contributed by atoms with van der Waals surface area (Å²) in [6.07, 6.45) is 0.951. The number of phenolic OH excluding ortho intramolecular Hbond substituents is 2. The Hall–Kier alpha value is -1.58. The smallest absolute Gasteiger partial charge is 0.164 e. The largest absolute Gasteiger partial charge is 0.506 e. The van der Waals surface area contributed by atoms with Crippen molar-refractivity contribution < 1.29 is 14.9 Å². The van der Waals surface area contributed by atoms with Crippen LogP contribution in [0.2, 0.25) is 0 Å². The van der Waals surface area contributed by atoms with Gasteiger partial charge in [-0.25, -0.2) is 0 Å². The Kier molecular flexibility index (Phi) is 3.45. The molecule has 1 aromatic rings. The van der Waals surface area contributed by atoms with Crippen molar-refractivity contribution in [2.75, 3.05) is 19.0 Å². The minimum absolute atomic E-state index is 0.0175. The molecule has 0 atom stereocenters. The predicted octanol–water partition coefficient (Wildman–Crippen LogP) is 1.93. The average Bonchev–Trinajstić information content (AvgIpc) is 2.18. The van der Waals surface area contributed by atoms with E-state index in [2.05, 4.69) is 5.32 Å². The Morgan fingerprint density at radius 2 is 2.00 bits per heavy atom. The van der Waals surface area contributed by atoms with Gasteiger partial charge in [0.2, 0.25) is 0 Å². The van der Waals surface area contributed by atoms with E-state index >= 15 is 0 Å². The normalized spacial score (nSPS) is 9.86. The molecular formula is C10H15NO3. The summed E-state index contributed by atoms with van der Waals surface area (Å²) in [6, 6.07) is 2.83. The van der Waals surface area contributed by atoms with Crippen LogP contribution in [0.25, 0.3) is 0 Å². The molecule has 14 heavy (non-hydrogen) atoms. The fourth-order valence-electron chi connectivity index (χ4n) is 1.12. The van der Waals surface area contributed by atoms with E-state index in [9.17, 15) is 10.2 Å². The highest BCUT2D eigenvalue weighted by atomic mass is 16.5. The Labute approximate surface area is 83.1 Å². The molecule has 0 fully saturated rings. The van der Waals surface area contributed by atoms with Gasteiger partial charge in [-0.1, -0.05) is 6.92 Å². The fraction of sp³-hybridized carbons (Fsp3) is 0.400. The van der Waals surface area contributed by atoms with Crippen LogP contribution in [0.4, 0.5) is 5.69 Å². The second-order valence-electron chi connectivity index (χ2n) is 2.97. The topological polar surface area (TPSA) is 61.7 Å². The highest BCUT2D eigenvalue weighted by molar-refractivity contribution is 5.63. The van der Waals surface area contributed by atoms with E-state index in [1.165, 1.54) is 19.2 Å². The average molecular weight is 197 g/mol. The standard InChI is InChI=1S/C10H15NO3/c1-3-4-11-7-5-9(13)10(14-2)6-8(7)12/h5-6,11-13H,3-4H2,1-2H3. The first kappa shape index (κ1) is 10.5. The molecule has 0 bridgehead atoms. The lowest BCUT2D eigenvalue weighted by molar-refractivity contribution is 0.369. The van der Waals surface area contributed by atoms with Crippen molar-refractivity contribution >= 4 is 5.69 Å². The zero-order valence-corrected chi connectivity index (χ0v) is 8.37. The molecule has 0 amide bonds. The summed E-state index contributed by atoms with van der Waals surface area (Å²) in [6.45, 7) is 2.77. The summed E-state index contributed by atoms with van der Waals surface area (Å²) in [4.78, 5) is 0. The van der Waals surface area contributed by atoms with Crippen LogP contribution in [0.3, 0.4) is 0 Å². The van der Waals surface area contributed by atoms with Gasteiger partial charge in [0.05, 0.1) is 12.8 Å². The predicted molar refractivity (Wildman–Crippen MR) is 55.1 cm³/mol. The van der Waals surface area contributed by atoms with Crippen molar-refractivity contribution in [2.45, 2.75) is 13.3 Å². The molecule has 4 heteroatoms. The lowest BCUT2D eigenvalue weighted by Crippen LogP contribution is -1.99. The van der Waals surface area contributed by atoms with Crippen molar-refractivity contribution in [1.82, 2.24) is 0 Å². The van der Waals surface area contributed by atoms with Gasteiger partial charge in [-0.15, -0.1) is 0 Å². The van der Waals surface area contributed by atoms with Gasteiger partial charge >= 0.3 is 0 Å². The number of benzene rings is 1. The minimum atomic E-state index is 0.0175. The van der Waals surface area contributed by atoms with Crippen molar-refractivity contribution in [1.29, 1.82) is 0 Å².